The van der Waals surface area contributed by atoms with Gasteiger partial charge in [0.1, 0.15) is 0 Å². The molecule has 0 radical (unpaired) electrons. The maximum atomic E-state index is 11.3. The van der Waals surface area contributed by atoms with Crippen LogP contribution in [0.1, 0.15) is 17.9 Å². The summed E-state index contributed by atoms with van der Waals surface area (Å²) in [6, 6.07) is 16.9. The number of aliphatic carboxylic acids is 1. The lowest BCUT2D eigenvalue weighted by Gasteiger charge is -2.17. The quantitative estimate of drug-likeness (QED) is 0.623. The van der Waals surface area contributed by atoms with Gasteiger partial charge in [0, 0.05) is 23.0 Å². The molecule has 0 aliphatic heterocycles. The summed E-state index contributed by atoms with van der Waals surface area (Å²) in [5, 5.41) is 17.0. The molecule has 0 aliphatic rings. The summed E-state index contributed by atoms with van der Waals surface area (Å²) < 4.78 is 2.30. The summed E-state index contributed by atoms with van der Waals surface area (Å²) in [4.78, 5) is 11.3. The number of hydrogen-bond acceptors (Lipinski definition) is 3. The molecule has 0 saturated heterocycles. The van der Waals surface area contributed by atoms with E-state index in [1.807, 2.05) is 47.0 Å². The Labute approximate surface area is 154 Å². The van der Waals surface area contributed by atoms with Crippen LogP contribution in [0.4, 0.5) is 0 Å². The summed E-state index contributed by atoms with van der Waals surface area (Å²) in [7, 11) is 0. The zero-order valence-corrected chi connectivity index (χ0v) is 14.8. The fourth-order valence-corrected chi connectivity index (χ4v) is 3.08. The Morgan fingerprint density at radius 1 is 1.20 bits per heavy atom. The van der Waals surface area contributed by atoms with Crippen LogP contribution in [0.5, 0.6) is 0 Å². The molecule has 5 nitrogen and oxygen atoms in total. The number of hydrogen-bond donors (Lipinski definition) is 2. The molecule has 128 valence electrons. The number of halogens is 1. The SMILES string of the molecule is O=C(O)CC(Cn1c(-c2ccccc2)n[nH]c1=S)c1ccc(Cl)cc1. The molecule has 3 aromatic rings. The van der Waals surface area contributed by atoms with Gasteiger partial charge in [-0.1, -0.05) is 54.1 Å². The predicted octanol–water partition coefficient (Wildman–Crippen LogP) is 4.52. The molecular weight excluding hydrogens is 358 g/mol. The van der Waals surface area contributed by atoms with Crippen molar-refractivity contribution >= 4 is 29.8 Å². The van der Waals surface area contributed by atoms with E-state index in [4.69, 9.17) is 23.8 Å². The molecule has 1 unspecified atom stereocenters. The fourth-order valence-electron chi connectivity index (χ4n) is 2.75. The molecule has 2 aromatic carbocycles. The number of aromatic nitrogens is 3. The number of benzene rings is 2. The van der Waals surface area contributed by atoms with Gasteiger partial charge in [-0.2, -0.15) is 5.10 Å². The molecule has 0 amide bonds. The van der Waals surface area contributed by atoms with Gasteiger partial charge < -0.3 is 5.11 Å². The van der Waals surface area contributed by atoms with Crippen LogP contribution in [-0.2, 0) is 11.3 Å². The highest BCUT2D eigenvalue weighted by molar-refractivity contribution is 7.71. The van der Waals surface area contributed by atoms with E-state index in [1.54, 1.807) is 12.1 Å². The van der Waals surface area contributed by atoms with Crippen molar-refractivity contribution in [1.82, 2.24) is 14.8 Å². The minimum absolute atomic E-state index is 0.0111. The van der Waals surface area contributed by atoms with Crippen LogP contribution in [0.3, 0.4) is 0 Å². The second-order valence-electron chi connectivity index (χ2n) is 5.68. The summed E-state index contributed by atoms with van der Waals surface area (Å²) in [5.41, 5.74) is 1.81. The molecule has 0 spiro atoms. The van der Waals surface area contributed by atoms with Crippen LogP contribution in [-0.4, -0.2) is 25.8 Å². The number of aromatic amines is 1. The number of nitrogens with zero attached hydrogens (tertiary/aromatic N) is 2. The van der Waals surface area contributed by atoms with E-state index in [2.05, 4.69) is 10.2 Å². The van der Waals surface area contributed by atoms with Gasteiger partial charge in [0.05, 0.1) is 6.42 Å². The number of H-pyrrole nitrogens is 1. The van der Waals surface area contributed by atoms with E-state index in [9.17, 15) is 9.90 Å². The lowest BCUT2D eigenvalue weighted by molar-refractivity contribution is -0.137. The van der Waals surface area contributed by atoms with Crippen molar-refractivity contribution in [3.63, 3.8) is 0 Å². The zero-order chi connectivity index (χ0) is 17.8. The molecule has 2 N–H and O–H groups in total. The van der Waals surface area contributed by atoms with Crippen molar-refractivity contribution in [3.05, 3.63) is 70.0 Å². The minimum atomic E-state index is -0.865. The van der Waals surface area contributed by atoms with Gasteiger partial charge in [-0.25, -0.2) is 0 Å². The average Bonchev–Trinajstić information content (AvgIpc) is 2.96. The van der Waals surface area contributed by atoms with Crippen LogP contribution in [0.25, 0.3) is 11.4 Å². The Morgan fingerprint density at radius 3 is 2.52 bits per heavy atom. The first-order valence-corrected chi connectivity index (χ1v) is 8.51. The Morgan fingerprint density at radius 2 is 1.88 bits per heavy atom. The van der Waals surface area contributed by atoms with Crippen LogP contribution < -0.4 is 0 Å². The Bertz CT molecular complexity index is 919. The molecule has 25 heavy (non-hydrogen) atoms. The van der Waals surface area contributed by atoms with Crippen molar-refractivity contribution in [2.45, 2.75) is 18.9 Å². The Kier molecular flexibility index (Phi) is 5.31. The van der Waals surface area contributed by atoms with Crippen molar-refractivity contribution in [3.8, 4) is 11.4 Å². The lowest BCUT2D eigenvalue weighted by Crippen LogP contribution is -2.14. The van der Waals surface area contributed by atoms with Crippen LogP contribution in [0.15, 0.2) is 54.6 Å². The lowest BCUT2D eigenvalue weighted by atomic mass is 9.95. The smallest absolute Gasteiger partial charge is 0.304 e. The maximum Gasteiger partial charge on any atom is 0.304 e. The maximum absolute atomic E-state index is 11.3. The molecule has 0 fully saturated rings. The third kappa shape index (κ3) is 4.15. The molecule has 0 bridgehead atoms. The van der Waals surface area contributed by atoms with Gasteiger partial charge in [0.25, 0.3) is 0 Å². The molecule has 3 rings (SSSR count). The molecule has 1 heterocycles. The van der Waals surface area contributed by atoms with E-state index in [0.717, 1.165) is 11.1 Å². The van der Waals surface area contributed by atoms with E-state index in [0.29, 0.717) is 22.2 Å². The van der Waals surface area contributed by atoms with E-state index < -0.39 is 5.97 Å². The largest absolute Gasteiger partial charge is 0.481 e. The van der Waals surface area contributed by atoms with E-state index >= 15 is 0 Å². The van der Waals surface area contributed by atoms with Crippen LogP contribution in [0.2, 0.25) is 5.02 Å². The number of rotatable bonds is 6. The Hall–Kier alpha value is -2.44. The van der Waals surface area contributed by atoms with Gasteiger partial charge in [-0.3, -0.25) is 14.5 Å². The van der Waals surface area contributed by atoms with Crippen molar-refractivity contribution < 1.29 is 9.90 Å². The van der Waals surface area contributed by atoms with Gasteiger partial charge in [-0.15, -0.1) is 0 Å². The van der Waals surface area contributed by atoms with Gasteiger partial charge >= 0.3 is 5.97 Å². The van der Waals surface area contributed by atoms with Crippen LogP contribution in [0, 0.1) is 4.77 Å². The highest BCUT2D eigenvalue weighted by Gasteiger charge is 2.19. The summed E-state index contributed by atoms with van der Waals surface area (Å²) in [6.45, 7) is 0.410. The fraction of sp³-hybridized carbons (Fsp3) is 0.167. The number of carboxylic acid groups (broad SMARTS) is 1. The zero-order valence-electron chi connectivity index (χ0n) is 13.2. The van der Waals surface area contributed by atoms with Crippen molar-refractivity contribution in [1.29, 1.82) is 0 Å². The van der Waals surface area contributed by atoms with Crippen molar-refractivity contribution in [2.24, 2.45) is 0 Å². The molecule has 0 aliphatic carbocycles. The standard InChI is InChI=1S/C18H16ClN3O2S/c19-15-8-6-12(7-9-15)14(10-16(23)24)11-22-17(20-21-18(22)25)13-4-2-1-3-5-13/h1-9,14H,10-11H2,(H,21,25)(H,23,24). The number of carboxylic acids is 1. The summed E-state index contributed by atoms with van der Waals surface area (Å²) in [5.74, 6) is -0.423. The molecule has 7 heteroatoms. The second kappa shape index (κ2) is 7.63. The van der Waals surface area contributed by atoms with E-state index in [-0.39, 0.29) is 12.3 Å². The molecular formula is C18H16ClN3O2S. The number of nitrogens with one attached hydrogen (secondary N) is 1. The van der Waals surface area contributed by atoms with Gasteiger partial charge in [0.2, 0.25) is 0 Å². The highest BCUT2D eigenvalue weighted by Crippen LogP contribution is 2.26. The first-order chi connectivity index (χ1) is 12.0. The average molecular weight is 374 g/mol. The summed E-state index contributed by atoms with van der Waals surface area (Å²) in [6.07, 6.45) is -0.0111. The summed E-state index contributed by atoms with van der Waals surface area (Å²) >= 11 is 11.3. The predicted molar refractivity (Wildman–Crippen MR) is 99.3 cm³/mol. The Balaban J connectivity index is 1.98. The minimum Gasteiger partial charge on any atom is -0.481 e. The van der Waals surface area contributed by atoms with Gasteiger partial charge in [-0.05, 0) is 29.9 Å². The van der Waals surface area contributed by atoms with Crippen molar-refractivity contribution in [2.75, 3.05) is 0 Å². The van der Waals surface area contributed by atoms with Gasteiger partial charge in [0.15, 0.2) is 10.6 Å². The normalized spacial score (nSPS) is 12.0. The van der Waals surface area contributed by atoms with Crippen LogP contribution >= 0.6 is 23.8 Å². The first kappa shape index (κ1) is 17.4. The monoisotopic (exact) mass is 373 g/mol. The first-order valence-electron chi connectivity index (χ1n) is 7.72. The molecule has 1 atom stereocenters. The third-order valence-corrected chi connectivity index (χ3v) is 4.52. The second-order valence-corrected chi connectivity index (χ2v) is 6.50. The third-order valence-electron chi connectivity index (χ3n) is 3.96. The highest BCUT2D eigenvalue weighted by atomic mass is 35.5. The molecule has 1 aromatic heterocycles. The molecule has 0 saturated carbocycles. The number of carbonyl (C=O) groups is 1. The van der Waals surface area contributed by atoms with E-state index in [1.165, 1.54) is 0 Å². The topological polar surface area (TPSA) is 70.9 Å².